The molecule has 0 aromatic heterocycles. The number of hydrogen-bond acceptors (Lipinski definition) is 1. The molecule has 1 amide bonds. The maximum Gasteiger partial charge on any atom is 0.223 e. The highest BCUT2D eigenvalue weighted by Crippen LogP contribution is 2.32. The van der Waals surface area contributed by atoms with Gasteiger partial charge in [0.15, 0.2) is 0 Å². The zero-order valence-corrected chi connectivity index (χ0v) is 8.81. The standard InChI is InChI=1S/C8H13NO.C3H8.H2/c10-8-7-4-2-1-3-6(7)5-9-8;1-3-2;/h6-7H,1-5H2,(H,9,10);3H2,1-2H3;1H/t6-,7?;;/m1../s1. The van der Waals surface area contributed by atoms with Gasteiger partial charge in [-0.3, -0.25) is 4.79 Å². The van der Waals surface area contributed by atoms with E-state index in [1.807, 2.05) is 0 Å². The van der Waals surface area contributed by atoms with Gasteiger partial charge in [-0.15, -0.1) is 0 Å². The quantitative estimate of drug-likeness (QED) is 0.617. The van der Waals surface area contributed by atoms with Crippen molar-refractivity contribution in [2.24, 2.45) is 11.8 Å². The molecule has 0 bridgehead atoms. The number of carbonyl (C=O) groups excluding carboxylic acids is 1. The first kappa shape index (κ1) is 10.6. The van der Waals surface area contributed by atoms with Crippen LogP contribution in [0.15, 0.2) is 0 Å². The molecule has 1 saturated heterocycles. The first-order valence-electron chi connectivity index (χ1n) is 5.57. The van der Waals surface area contributed by atoms with E-state index in [-0.39, 0.29) is 1.43 Å². The Labute approximate surface area is 82.6 Å². The fourth-order valence-electron chi connectivity index (χ4n) is 2.16. The van der Waals surface area contributed by atoms with E-state index in [4.69, 9.17) is 0 Å². The summed E-state index contributed by atoms with van der Waals surface area (Å²) < 4.78 is 0. The Kier molecular flexibility index (Phi) is 4.26. The predicted molar refractivity (Wildman–Crippen MR) is 56.5 cm³/mol. The van der Waals surface area contributed by atoms with Crippen LogP contribution in [0.2, 0.25) is 0 Å². The fourth-order valence-corrected chi connectivity index (χ4v) is 2.16. The van der Waals surface area contributed by atoms with Gasteiger partial charge in [0.2, 0.25) is 5.91 Å². The minimum Gasteiger partial charge on any atom is -0.356 e. The Morgan fingerprint density at radius 1 is 1.38 bits per heavy atom. The van der Waals surface area contributed by atoms with Gasteiger partial charge in [-0.1, -0.05) is 33.1 Å². The van der Waals surface area contributed by atoms with E-state index < -0.39 is 0 Å². The topological polar surface area (TPSA) is 29.1 Å². The molecule has 1 heterocycles. The number of fused-ring (bicyclic) bond motifs is 1. The lowest BCUT2D eigenvalue weighted by atomic mass is 9.81. The summed E-state index contributed by atoms with van der Waals surface area (Å²) in [5.74, 6) is 1.37. The zero-order valence-electron chi connectivity index (χ0n) is 8.81. The van der Waals surface area contributed by atoms with Gasteiger partial charge in [-0.25, -0.2) is 0 Å². The number of nitrogens with one attached hydrogen (secondary N) is 1. The molecule has 2 rings (SSSR count). The van der Waals surface area contributed by atoms with Gasteiger partial charge in [0.05, 0.1) is 0 Å². The lowest BCUT2D eigenvalue weighted by molar-refractivity contribution is -0.123. The Balaban J connectivity index is 0.000000381. The minimum atomic E-state index is 0. The summed E-state index contributed by atoms with van der Waals surface area (Å²) in [5.41, 5.74) is 0. The van der Waals surface area contributed by atoms with Gasteiger partial charge >= 0.3 is 0 Å². The molecule has 1 unspecified atom stereocenters. The molecule has 2 heteroatoms. The number of amides is 1. The highest BCUT2D eigenvalue weighted by atomic mass is 16.2. The molecule has 13 heavy (non-hydrogen) atoms. The van der Waals surface area contributed by atoms with Crippen LogP contribution in [0.1, 0.15) is 47.4 Å². The van der Waals surface area contributed by atoms with E-state index in [0.29, 0.717) is 17.7 Å². The molecule has 2 fully saturated rings. The molecule has 78 valence electrons. The second kappa shape index (κ2) is 5.25. The lowest BCUT2D eigenvalue weighted by Crippen LogP contribution is -2.21. The Morgan fingerprint density at radius 3 is 2.62 bits per heavy atom. The lowest BCUT2D eigenvalue weighted by Gasteiger charge is -2.21. The van der Waals surface area contributed by atoms with E-state index in [1.165, 1.54) is 25.7 Å². The van der Waals surface area contributed by atoms with E-state index in [1.54, 1.807) is 0 Å². The van der Waals surface area contributed by atoms with Crippen LogP contribution in [0.4, 0.5) is 0 Å². The smallest absolute Gasteiger partial charge is 0.223 e. The predicted octanol–water partition coefficient (Wildman–Crippen LogP) is 2.58. The number of rotatable bonds is 0. The summed E-state index contributed by atoms with van der Waals surface area (Å²) in [6.45, 7) is 5.20. The third kappa shape index (κ3) is 2.71. The van der Waals surface area contributed by atoms with Gasteiger partial charge in [0.1, 0.15) is 0 Å². The molecule has 1 aliphatic carbocycles. The molecule has 0 spiro atoms. The molecule has 0 aromatic carbocycles. The van der Waals surface area contributed by atoms with Crippen molar-refractivity contribution in [1.82, 2.24) is 5.32 Å². The third-order valence-corrected chi connectivity index (χ3v) is 2.78. The van der Waals surface area contributed by atoms with Crippen LogP contribution in [-0.2, 0) is 4.79 Å². The van der Waals surface area contributed by atoms with Crippen LogP contribution in [-0.4, -0.2) is 12.5 Å². The summed E-state index contributed by atoms with van der Waals surface area (Å²) in [6.07, 6.45) is 6.24. The van der Waals surface area contributed by atoms with Gasteiger partial charge in [0, 0.05) is 13.9 Å². The first-order chi connectivity index (χ1) is 6.29. The molecular weight excluding hydrogens is 162 g/mol. The summed E-state index contributed by atoms with van der Waals surface area (Å²) in [6, 6.07) is 0. The van der Waals surface area contributed by atoms with Gasteiger partial charge in [0.25, 0.3) is 0 Å². The van der Waals surface area contributed by atoms with Crippen molar-refractivity contribution in [3.05, 3.63) is 0 Å². The Hall–Kier alpha value is -0.530. The summed E-state index contributed by atoms with van der Waals surface area (Å²) in [7, 11) is 0. The maximum atomic E-state index is 11.1. The molecule has 1 aliphatic heterocycles. The second-order valence-electron chi connectivity index (χ2n) is 4.10. The molecule has 2 nitrogen and oxygen atoms in total. The van der Waals surface area contributed by atoms with E-state index in [9.17, 15) is 4.79 Å². The third-order valence-electron chi connectivity index (χ3n) is 2.78. The molecule has 1 saturated carbocycles. The van der Waals surface area contributed by atoms with Crippen molar-refractivity contribution in [3.8, 4) is 0 Å². The molecule has 2 atom stereocenters. The van der Waals surface area contributed by atoms with E-state index >= 15 is 0 Å². The van der Waals surface area contributed by atoms with Gasteiger partial charge < -0.3 is 5.32 Å². The summed E-state index contributed by atoms with van der Waals surface area (Å²) >= 11 is 0. The van der Waals surface area contributed by atoms with Crippen molar-refractivity contribution in [2.45, 2.75) is 46.0 Å². The first-order valence-corrected chi connectivity index (χ1v) is 5.57. The van der Waals surface area contributed by atoms with Crippen LogP contribution < -0.4 is 5.32 Å². The van der Waals surface area contributed by atoms with Crippen LogP contribution in [0.3, 0.4) is 0 Å². The van der Waals surface area contributed by atoms with Crippen molar-refractivity contribution in [1.29, 1.82) is 0 Å². The van der Waals surface area contributed by atoms with Gasteiger partial charge in [-0.05, 0) is 18.8 Å². The Bertz CT molecular complexity index is 173. The highest BCUT2D eigenvalue weighted by Gasteiger charge is 2.35. The van der Waals surface area contributed by atoms with Crippen LogP contribution in [0, 0.1) is 11.8 Å². The minimum absolute atomic E-state index is 0. The van der Waals surface area contributed by atoms with Crippen molar-refractivity contribution in [2.75, 3.05) is 6.54 Å². The molecule has 0 radical (unpaired) electrons. The molecule has 2 aliphatic rings. The Morgan fingerprint density at radius 2 is 2.00 bits per heavy atom. The monoisotopic (exact) mass is 185 g/mol. The molecular formula is C11H23NO. The van der Waals surface area contributed by atoms with E-state index in [2.05, 4.69) is 19.2 Å². The zero-order chi connectivity index (χ0) is 9.68. The van der Waals surface area contributed by atoms with Crippen LogP contribution in [0.25, 0.3) is 0 Å². The van der Waals surface area contributed by atoms with Crippen molar-refractivity contribution < 1.29 is 6.22 Å². The summed E-state index contributed by atoms with van der Waals surface area (Å²) in [5, 5.41) is 2.92. The number of carbonyl (C=O) groups is 1. The highest BCUT2D eigenvalue weighted by molar-refractivity contribution is 5.81. The maximum absolute atomic E-state index is 11.1. The van der Waals surface area contributed by atoms with Gasteiger partial charge in [-0.2, -0.15) is 0 Å². The largest absolute Gasteiger partial charge is 0.356 e. The SMILES string of the molecule is CCC.O=C1NC[C@H]2CCCCC12.[HH]. The average molecular weight is 185 g/mol. The number of hydrogen-bond donors (Lipinski definition) is 1. The summed E-state index contributed by atoms with van der Waals surface area (Å²) in [4.78, 5) is 11.1. The van der Waals surface area contributed by atoms with E-state index in [0.717, 1.165) is 13.0 Å². The second-order valence-corrected chi connectivity index (χ2v) is 4.10. The van der Waals surface area contributed by atoms with Crippen molar-refractivity contribution >= 4 is 5.91 Å². The van der Waals surface area contributed by atoms with Crippen molar-refractivity contribution in [3.63, 3.8) is 0 Å². The fraction of sp³-hybridized carbons (Fsp3) is 0.909. The normalized spacial score (nSPS) is 31.4. The van der Waals surface area contributed by atoms with Crippen LogP contribution in [0.5, 0.6) is 0 Å². The van der Waals surface area contributed by atoms with Crippen LogP contribution >= 0.6 is 0 Å². The molecule has 0 aromatic rings. The molecule has 1 N–H and O–H groups in total. The average Bonchev–Trinajstić information content (AvgIpc) is 2.50.